The Kier molecular flexibility index (Phi) is 6.32. The van der Waals surface area contributed by atoms with Gasteiger partial charge in [0.05, 0.1) is 22.0 Å². The normalized spacial score (nSPS) is 9.32. The molecule has 8 nitrogen and oxygen atoms in total. The maximum absolute atomic E-state index is 10.3. The maximum Gasteiger partial charge on any atom is 0.274 e. The van der Waals surface area contributed by atoms with Crippen LogP contribution in [-0.4, -0.2) is 21.2 Å². The largest absolute Gasteiger partial charge is 0.391 e. The number of carbonyl (C=O) groups excluding carboxylic acids is 1. The van der Waals surface area contributed by atoms with E-state index in [0.29, 0.717) is 17.4 Å². The molecule has 22 heavy (non-hydrogen) atoms. The number of hydrogen-bond acceptors (Lipinski definition) is 6. The molecule has 0 aromatic heterocycles. The van der Waals surface area contributed by atoms with Crippen molar-refractivity contribution in [1.82, 2.24) is 0 Å². The van der Waals surface area contributed by atoms with Crippen LogP contribution in [0.4, 0.5) is 11.4 Å². The monoisotopic (exact) mass is 304 g/mol. The number of hydrogen-bond donors (Lipinski definition) is 1. The summed E-state index contributed by atoms with van der Waals surface area (Å²) < 4.78 is 0. The van der Waals surface area contributed by atoms with E-state index < -0.39 is 9.85 Å². The Morgan fingerprint density at radius 1 is 0.955 bits per heavy atom. The molecule has 0 saturated carbocycles. The molecule has 0 unspecified atom stereocenters. The van der Waals surface area contributed by atoms with E-state index in [9.17, 15) is 25.0 Å². The lowest BCUT2D eigenvalue weighted by molar-refractivity contribution is -0.385. The third-order valence-electron chi connectivity index (χ3n) is 2.60. The van der Waals surface area contributed by atoms with Gasteiger partial charge in [-0.1, -0.05) is 12.1 Å². The van der Waals surface area contributed by atoms with E-state index in [-0.39, 0.29) is 18.0 Å². The summed E-state index contributed by atoms with van der Waals surface area (Å²) in [5, 5.41) is 29.1. The number of rotatable bonds is 4. The van der Waals surface area contributed by atoms with Crippen molar-refractivity contribution in [3.8, 4) is 0 Å². The van der Waals surface area contributed by atoms with Gasteiger partial charge in [-0.3, -0.25) is 25.0 Å². The molecule has 2 aromatic carbocycles. The molecule has 2 aromatic rings. The molecule has 114 valence electrons. The summed E-state index contributed by atoms with van der Waals surface area (Å²) in [4.78, 5) is 29.5. The van der Waals surface area contributed by atoms with E-state index in [1.54, 1.807) is 12.1 Å². The molecule has 0 aliphatic rings. The summed E-state index contributed by atoms with van der Waals surface area (Å²) in [6.45, 7) is -0.294. The number of nitrogens with zero attached hydrogens (tertiary/aromatic N) is 2. The predicted molar refractivity (Wildman–Crippen MR) is 77.5 cm³/mol. The van der Waals surface area contributed by atoms with E-state index >= 15 is 0 Å². The molecule has 0 amide bonds. The van der Waals surface area contributed by atoms with Crippen molar-refractivity contribution in [3.63, 3.8) is 0 Å². The zero-order chi connectivity index (χ0) is 16.5. The highest BCUT2D eigenvalue weighted by Gasteiger charge is 2.09. The Morgan fingerprint density at radius 3 is 1.95 bits per heavy atom. The van der Waals surface area contributed by atoms with Crippen LogP contribution in [0.15, 0.2) is 48.5 Å². The zero-order valence-corrected chi connectivity index (χ0v) is 11.3. The summed E-state index contributed by atoms with van der Waals surface area (Å²) >= 11 is 0. The van der Waals surface area contributed by atoms with Crippen LogP contribution in [0.3, 0.4) is 0 Å². The second-order valence-electron chi connectivity index (χ2n) is 4.01. The fourth-order valence-corrected chi connectivity index (χ4v) is 1.50. The van der Waals surface area contributed by atoms with Gasteiger partial charge in [-0.15, -0.1) is 0 Å². The molecular formula is C14H12N2O6. The first-order valence-electron chi connectivity index (χ1n) is 6.02. The van der Waals surface area contributed by atoms with Crippen LogP contribution in [-0.2, 0) is 6.61 Å². The Hall–Kier alpha value is -3.13. The van der Waals surface area contributed by atoms with E-state index in [1.165, 1.54) is 36.4 Å². The summed E-state index contributed by atoms with van der Waals surface area (Å²) in [6, 6.07) is 11.5. The molecule has 0 saturated heterocycles. The molecule has 1 N–H and O–H groups in total. The van der Waals surface area contributed by atoms with Crippen LogP contribution >= 0.6 is 0 Å². The maximum atomic E-state index is 10.3. The van der Waals surface area contributed by atoms with Crippen LogP contribution < -0.4 is 0 Å². The van der Waals surface area contributed by atoms with Gasteiger partial charge in [-0.2, -0.15) is 0 Å². The molecule has 0 aliphatic carbocycles. The molecule has 2 rings (SSSR count). The molecule has 8 heteroatoms. The van der Waals surface area contributed by atoms with Crippen LogP contribution in [0.1, 0.15) is 15.9 Å². The second kappa shape index (κ2) is 8.22. The number of aldehydes is 1. The number of aliphatic hydroxyl groups is 1. The van der Waals surface area contributed by atoms with Crippen LogP contribution in [0.5, 0.6) is 0 Å². The Bertz CT molecular complexity index is 669. The third-order valence-corrected chi connectivity index (χ3v) is 2.60. The van der Waals surface area contributed by atoms with Crippen molar-refractivity contribution < 1.29 is 19.7 Å². The summed E-state index contributed by atoms with van der Waals surface area (Å²) in [7, 11) is 0. The molecule has 0 aliphatic heterocycles. The van der Waals surface area contributed by atoms with E-state index in [0.717, 1.165) is 0 Å². The minimum absolute atomic E-state index is 0.00407. The van der Waals surface area contributed by atoms with Gasteiger partial charge in [0.1, 0.15) is 6.29 Å². The number of aliphatic hydroxyl groups excluding tert-OH is 1. The Morgan fingerprint density at radius 2 is 1.55 bits per heavy atom. The Balaban J connectivity index is 0.000000220. The lowest BCUT2D eigenvalue weighted by Gasteiger charge is -1.96. The summed E-state index contributed by atoms with van der Waals surface area (Å²) in [6.07, 6.45) is 0.643. The first-order valence-corrected chi connectivity index (χ1v) is 6.02. The van der Waals surface area contributed by atoms with E-state index in [2.05, 4.69) is 0 Å². The number of nitro groups is 2. The molecule has 0 bridgehead atoms. The zero-order valence-electron chi connectivity index (χ0n) is 11.3. The smallest absolute Gasteiger partial charge is 0.274 e. The first kappa shape index (κ1) is 16.9. The topological polar surface area (TPSA) is 124 Å². The molecule has 0 atom stereocenters. The van der Waals surface area contributed by atoms with Crippen LogP contribution in [0.25, 0.3) is 0 Å². The average molecular weight is 304 g/mol. The highest BCUT2D eigenvalue weighted by molar-refractivity contribution is 5.75. The summed E-state index contributed by atoms with van der Waals surface area (Å²) in [5.41, 5.74) is 0.749. The molecule has 0 spiro atoms. The van der Waals surface area contributed by atoms with Gasteiger partial charge in [-0.25, -0.2) is 0 Å². The quantitative estimate of drug-likeness (QED) is 0.525. The molecule has 0 fully saturated rings. The predicted octanol–water partition coefficient (Wildman–Crippen LogP) is 2.49. The number of benzene rings is 2. The van der Waals surface area contributed by atoms with Gasteiger partial charge >= 0.3 is 0 Å². The van der Waals surface area contributed by atoms with Gasteiger partial charge in [0.25, 0.3) is 11.4 Å². The van der Waals surface area contributed by atoms with Crippen molar-refractivity contribution in [1.29, 1.82) is 0 Å². The van der Waals surface area contributed by atoms with Gasteiger partial charge in [0.15, 0.2) is 0 Å². The number of para-hydroxylation sites is 1. The minimum atomic E-state index is -0.508. The number of nitro benzene ring substituents is 2. The lowest BCUT2D eigenvalue weighted by atomic mass is 10.2. The fourth-order valence-electron chi connectivity index (χ4n) is 1.50. The van der Waals surface area contributed by atoms with Crippen molar-refractivity contribution in [3.05, 3.63) is 79.9 Å². The highest BCUT2D eigenvalue weighted by Crippen LogP contribution is 2.16. The Labute approximate surface area is 124 Å². The number of non-ortho nitro benzene ring substituents is 1. The van der Waals surface area contributed by atoms with Gasteiger partial charge in [0, 0.05) is 23.8 Å². The average Bonchev–Trinajstić information content (AvgIpc) is 2.55. The molecule has 0 radical (unpaired) electrons. The van der Waals surface area contributed by atoms with Crippen molar-refractivity contribution >= 4 is 17.7 Å². The SMILES string of the molecule is O=Cc1ccc([N+](=O)[O-])cc1.O=[N+]([O-])c1ccccc1CO. The highest BCUT2D eigenvalue weighted by atomic mass is 16.6. The van der Waals surface area contributed by atoms with E-state index in [4.69, 9.17) is 5.11 Å². The van der Waals surface area contributed by atoms with Crippen LogP contribution in [0.2, 0.25) is 0 Å². The van der Waals surface area contributed by atoms with Crippen LogP contribution in [0, 0.1) is 20.2 Å². The minimum Gasteiger partial charge on any atom is -0.391 e. The van der Waals surface area contributed by atoms with E-state index in [1.807, 2.05) is 0 Å². The van der Waals surface area contributed by atoms with Gasteiger partial charge in [0.2, 0.25) is 0 Å². The van der Waals surface area contributed by atoms with Gasteiger partial charge in [-0.05, 0) is 18.2 Å². The first-order chi connectivity index (χ1) is 10.5. The van der Waals surface area contributed by atoms with Crippen molar-refractivity contribution in [2.45, 2.75) is 6.61 Å². The molecule has 0 heterocycles. The summed E-state index contributed by atoms with van der Waals surface area (Å²) in [5.74, 6) is 0. The molecular weight excluding hydrogens is 292 g/mol. The standard InChI is InChI=1S/C7H5NO3.C7H7NO3/c9-5-6-1-3-7(4-2-6)8(10)11;9-5-6-3-1-2-4-7(6)8(10)11/h1-5H;1-4,9H,5H2. The van der Waals surface area contributed by atoms with Gasteiger partial charge < -0.3 is 5.11 Å². The second-order valence-corrected chi connectivity index (χ2v) is 4.01. The lowest BCUT2D eigenvalue weighted by Crippen LogP contribution is -1.93. The van der Waals surface area contributed by atoms with Crippen molar-refractivity contribution in [2.75, 3.05) is 0 Å². The number of carbonyl (C=O) groups is 1. The fraction of sp³-hybridized carbons (Fsp3) is 0.0714. The third kappa shape index (κ3) is 4.76. The van der Waals surface area contributed by atoms with Crippen molar-refractivity contribution in [2.24, 2.45) is 0 Å².